The largest absolute Gasteiger partial charge is 0.294 e. The zero-order valence-electron chi connectivity index (χ0n) is 9.14. The van der Waals surface area contributed by atoms with Crippen LogP contribution in [0.5, 0.6) is 0 Å². The number of carbonyl (C=O) groups excluding carboxylic acids is 1. The first-order valence-electron chi connectivity index (χ1n) is 5.40. The lowest BCUT2D eigenvalue weighted by atomic mass is 9.79. The summed E-state index contributed by atoms with van der Waals surface area (Å²) < 4.78 is 13.4. The van der Waals surface area contributed by atoms with Gasteiger partial charge in [0.05, 0.1) is 0 Å². The topological polar surface area (TPSA) is 17.1 Å². The van der Waals surface area contributed by atoms with Crippen molar-refractivity contribution in [1.29, 1.82) is 0 Å². The number of rotatable bonds is 2. The third kappa shape index (κ3) is 1.81. The Hall–Kier alpha value is -1.18. The Balaban J connectivity index is 2.32. The number of benzene rings is 1. The van der Waals surface area contributed by atoms with E-state index in [-0.39, 0.29) is 17.5 Å². The number of carbonyl (C=O) groups is 1. The molecular weight excluding hydrogens is 191 g/mol. The normalized spacial score (nSPS) is 16.2. The Bertz CT molecular complexity index is 382. The molecule has 0 N–H and O–H groups in total. The molecule has 1 aromatic carbocycles. The van der Waals surface area contributed by atoms with Crippen LogP contribution in [-0.2, 0) is 0 Å². The minimum Gasteiger partial charge on any atom is -0.294 e. The zero-order chi connectivity index (χ0) is 11.0. The molecule has 0 spiro atoms. The van der Waals surface area contributed by atoms with Crippen LogP contribution in [0.15, 0.2) is 12.1 Å². The minimum absolute atomic E-state index is 0.187. The van der Waals surface area contributed by atoms with Gasteiger partial charge in [-0.3, -0.25) is 4.79 Å². The molecule has 2 rings (SSSR count). The summed E-state index contributed by atoms with van der Waals surface area (Å²) in [4.78, 5) is 11.9. The van der Waals surface area contributed by atoms with E-state index in [4.69, 9.17) is 0 Å². The van der Waals surface area contributed by atoms with Gasteiger partial charge in [0, 0.05) is 11.5 Å². The van der Waals surface area contributed by atoms with Crippen LogP contribution >= 0.6 is 0 Å². The average Bonchev–Trinajstić information content (AvgIpc) is 2.10. The van der Waals surface area contributed by atoms with E-state index in [1.54, 1.807) is 26.0 Å². The van der Waals surface area contributed by atoms with E-state index in [9.17, 15) is 9.18 Å². The molecule has 1 aromatic rings. The molecule has 0 heterocycles. The molecule has 0 bridgehead atoms. The first-order valence-corrected chi connectivity index (χ1v) is 5.40. The summed E-state index contributed by atoms with van der Waals surface area (Å²) in [5, 5.41) is 0. The van der Waals surface area contributed by atoms with Crippen molar-refractivity contribution < 1.29 is 9.18 Å². The molecule has 15 heavy (non-hydrogen) atoms. The van der Waals surface area contributed by atoms with Crippen molar-refractivity contribution in [2.45, 2.75) is 33.1 Å². The lowest BCUT2D eigenvalue weighted by Gasteiger charge is -2.24. The molecule has 0 unspecified atom stereocenters. The molecule has 0 atom stereocenters. The molecule has 80 valence electrons. The van der Waals surface area contributed by atoms with Gasteiger partial charge >= 0.3 is 0 Å². The van der Waals surface area contributed by atoms with E-state index >= 15 is 0 Å². The first-order chi connectivity index (χ1) is 7.09. The standard InChI is InChI=1S/C13H15FO/c1-8-6-11(7-9(2)12(8)14)13(15)10-4-3-5-10/h6-7,10H,3-5H2,1-2H3. The van der Waals surface area contributed by atoms with Crippen molar-refractivity contribution in [3.8, 4) is 0 Å². The molecular formula is C13H15FO. The molecule has 1 fully saturated rings. The van der Waals surface area contributed by atoms with Gasteiger partial charge in [0.25, 0.3) is 0 Å². The van der Waals surface area contributed by atoms with Crippen molar-refractivity contribution in [1.82, 2.24) is 0 Å². The van der Waals surface area contributed by atoms with Gasteiger partial charge < -0.3 is 0 Å². The van der Waals surface area contributed by atoms with Crippen molar-refractivity contribution in [2.75, 3.05) is 0 Å². The monoisotopic (exact) mass is 206 g/mol. The Morgan fingerprint density at radius 1 is 1.27 bits per heavy atom. The third-order valence-corrected chi connectivity index (χ3v) is 3.20. The SMILES string of the molecule is Cc1cc(C(=O)C2CCC2)cc(C)c1F. The molecule has 1 nitrogen and oxygen atoms in total. The second kappa shape index (κ2) is 3.76. The fraction of sp³-hybridized carbons (Fsp3) is 0.462. The van der Waals surface area contributed by atoms with Crippen LogP contribution in [0.25, 0.3) is 0 Å². The predicted octanol–water partition coefficient (Wildman–Crippen LogP) is 3.43. The summed E-state index contributed by atoms with van der Waals surface area (Å²) in [6, 6.07) is 3.34. The number of aryl methyl sites for hydroxylation is 2. The number of ketones is 1. The maximum atomic E-state index is 13.4. The molecule has 0 radical (unpaired) electrons. The molecule has 0 amide bonds. The summed E-state index contributed by atoms with van der Waals surface area (Å²) in [7, 11) is 0. The Kier molecular flexibility index (Phi) is 2.59. The van der Waals surface area contributed by atoms with Gasteiger partial charge in [-0.15, -0.1) is 0 Å². The molecule has 2 heteroatoms. The quantitative estimate of drug-likeness (QED) is 0.677. The van der Waals surface area contributed by atoms with E-state index in [0.717, 1.165) is 19.3 Å². The van der Waals surface area contributed by atoms with E-state index in [1.165, 1.54) is 0 Å². The summed E-state index contributed by atoms with van der Waals surface area (Å²) in [5.41, 5.74) is 1.81. The molecule has 0 aliphatic heterocycles. The summed E-state index contributed by atoms with van der Waals surface area (Å²) in [6.45, 7) is 3.42. The summed E-state index contributed by atoms with van der Waals surface area (Å²) in [6.07, 6.45) is 3.14. The van der Waals surface area contributed by atoms with Crippen LogP contribution in [-0.4, -0.2) is 5.78 Å². The number of Topliss-reactive ketones (excluding diaryl/α,β-unsaturated/α-hetero) is 1. The highest BCUT2D eigenvalue weighted by atomic mass is 19.1. The highest BCUT2D eigenvalue weighted by Crippen LogP contribution is 2.30. The highest BCUT2D eigenvalue weighted by Gasteiger charge is 2.26. The first kappa shape index (κ1) is 10.3. The van der Waals surface area contributed by atoms with Gasteiger partial charge in [0.2, 0.25) is 0 Å². The summed E-state index contributed by atoms with van der Waals surface area (Å²) >= 11 is 0. The fourth-order valence-corrected chi connectivity index (χ4v) is 1.99. The van der Waals surface area contributed by atoms with Crippen molar-refractivity contribution >= 4 is 5.78 Å². The van der Waals surface area contributed by atoms with Crippen LogP contribution in [0.2, 0.25) is 0 Å². The van der Waals surface area contributed by atoms with Crippen LogP contribution in [0.4, 0.5) is 4.39 Å². The van der Waals surface area contributed by atoms with E-state index < -0.39 is 0 Å². The Morgan fingerprint density at radius 2 is 1.80 bits per heavy atom. The van der Waals surface area contributed by atoms with Gasteiger partial charge in [-0.05, 0) is 49.9 Å². The number of halogens is 1. The fourth-order valence-electron chi connectivity index (χ4n) is 1.99. The van der Waals surface area contributed by atoms with E-state index in [1.807, 2.05) is 0 Å². The van der Waals surface area contributed by atoms with Gasteiger partial charge in [-0.25, -0.2) is 4.39 Å². The molecule has 1 aliphatic carbocycles. The van der Waals surface area contributed by atoms with Crippen LogP contribution in [0, 0.1) is 25.6 Å². The van der Waals surface area contributed by atoms with Crippen LogP contribution in [0.3, 0.4) is 0 Å². The maximum Gasteiger partial charge on any atom is 0.165 e. The van der Waals surface area contributed by atoms with Gasteiger partial charge in [0.15, 0.2) is 5.78 Å². The van der Waals surface area contributed by atoms with Crippen molar-refractivity contribution in [3.63, 3.8) is 0 Å². The van der Waals surface area contributed by atoms with Gasteiger partial charge in [-0.1, -0.05) is 6.42 Å². The maximum absolute atomic E-state index is 13.4. The van der Waals surface area contributed by atoms with Crippen LogP contribution < -0.4 is 0 Å². The molecule has 1 saturated carbocycles. The van der Waals surface area contributed by atoms with Gasteiger partial charge in [-0.2, -0.15) is 0 Å². The smallest absolute Gasteiger partial charge is 0.165 e. The van der Waals surface area contributed by atoms with E-state index in [2.05, 4.69) is 0 Å². The lowest BCUT2D eigenvalue weighted by molar-refractivity contribution is 0.0855. The molecule has 0 saturated heterocycles. The van der Waals surface area contributed by atoms with E-state index in [0.29, 0.717) is 16.7 Å². The van der Waals surface area contributed by atoms with Crippen molar-refractivity contribution in [3.05, 3.63) is 34.6 Å². The average molecular weight is 206 g/mol. The van der Waals surface area contributed by atoms with Crippen molar-refractivity contribution in [2.24, 2.45) is 5.92 Å². The number of hydrogen-bond acceptors (Lipinski definition) is 1. The Labute approximate surface area is 89.3 Å². The van der Waals surface area contributed by atoms with Gasteiger partial charge in [0.1, 0.15) is 5.82 Å². The second-order valence-corrected chi connectivity index (χ2v) is 4.42. The highest BCUT2D eigenvalue weighted by molar-refractivity contribution is 5.98. The molecule has 1 aliphatic rings. The molecule has 0 aromatic heterocycles. The zero-order valence-corrected chi connectivity index (χ0v) is 9.14. The Morgan fingerprint density at radius 3 is 2.20 bits per heavy atom. The minimum atomic E-state index is -0.194. The van der Waals surface area contributed by atoms with Crippen LogP contribution in [0.1, 0.15) is 40.7 Å². The summed E-state index contributed by atoms with van der Waals surface area (Å²) in [5.74, 6) is 0.182. The lowest BCUT2D eigenvalue weighted by Crippen LogP contribution is -2.22. The number of hydrogen-bond donors (Lipinski definition) is 0. The second-order valence-electron chi connectivity index (χ2n) is 4.42. The predicted molar refractivity (Wildman–Crippen MR) is 57.5 cm³/mol. The third-order valence-electron chi connectivity index (χ3n) is 3.20.